The van der Waals surface area contributed by atoms with E-state index in [1.165, 1.54) is 6.92 Å². The zero-order valence-electron chi connectivity index (χ0n) is 11.9. The summed E-state index contributed by atoms with van der Waals surface area (Å²) in [7, 11) is 5.51. The number of aliphatic hydroxyl groups excluding tert-OH is 1. The second kappa shape index (κ2) is 7.11. The van der Waals surface area contributed by atoms with Gasteiger partial charge in [0.2, 0.25) is 5.91 Å². The molecule has 0 heterocycles. The maximum absolute atomic E-state index is 11.4. The number of benzene rings is 1. The van der Waals surface area contributed by atoms with Gasteiger partial charge in [0.25, 0.3) is 0 Å². The van der Waals surface area contributed by atoms with E-state index in [0.717, 1.165) is 11.3 Å². The van der Waals surface area contributed by atoms with Gasteiger partial charge in [-0.25, -0.2) is 0 Å². The Morgan fingerprint density at radius 3 is 2.68 bits per heavy atom. The van der Waals surface area contributed by atoms with Crippen LogP contribution in [0.4, 0.5) is 0 Å². The van der Waals surface area contributed by atoms with Crippen molar-refractivity contribution in [2.75, 3.05) is 27.7 Å². The molecule has 0 saturated heterocycles. The number of hydrogen-bond donors (Lipinski definition) is 2. The molecule has 19 heavy (non-hydrogen) atoms. The minimum absolute atomic E-state index is 0.0257. The molecule has 0 aliphatic carbocycles. The molecule has 1 aromatic rings. The molecule has 5 nitrogen and oxygen atoms in total. The van der Waals surface area contributed by atoms with Gasteiger partial charge in [0.15, 0.2) is 0 Å². The first-order chi connectivity index (χ1) is 8.95. The largest absolute Gasteiger partial charge is 0.497 e. The molecule has 0 radical (unpaired) electrons. The predicted molar refractivity (Wildman–Crippen MR) is 74.1 cm³/mol. The van der Waals surface area contributed by atoms with Gasteiger partial charge in [0, 0.05) is 6.54 Å². The Bertz CT molecular complexity index is 419. The van der Waals surface area contributed by atoms with E-state index in [9.17, 15) is 9.90 Å². The first kappa shape index (κ1) is 15.5. The smallest absolute Gasteiger partial charge is 0.248 e. The number of aliphatic hydroxyl groups is 1. The van der Waals surface area contributed by atoms with E-state index in [0.29, 0.717) is 6.54 Å². The fraction of sp³-hybridized carbons (Fsp3) is 0.500. The fourth-order valence-corrected chi connectivity index (χ4v) is 1.79. The van der Waals surface area contributed by atoms with Gasteiger partial charge in [-0.15, -0.1) is 0 Å². The number of nitrogens with one attached hydrogen (secondary N) is 1. The van der Waals surface area contributed by atoms with Crippen molar-refractivity contribution >= 4 is 5.91 Å². The van der Waals surface area contributed by atoms with E-state index in [-0.39, 0.29) is 11.9 Å². The predicted octanol–water partition coefficient (Wildman–Crippen LogP) is 0.795. The summed E-state index contributed by atoms with van der Waals surface area (Å²) >= 11 is 0. The first-order valence-corrected chi connectivity index (χ1v) is 6.22. The minimum Gasteiger partial charge on any atom is -0.497 e. The Labute approximate surface area is 114 Å². The lowest BCUT2D eigenvalue weighted by molar-refractivity contribution is -0.128. The molecule has 0 aromatic heterocycles. The Hall–Kier alpha value is -1.59. The number of ether oxygens (including phenoxy) is 1. The Kier molecular flexibility index (Phi) is 5.79. The van der Waals surface area contributed by atoms with Gasteiger partial charge >= 0.3 is 0 Å². The highest BCUT2D eigenvalue weighted by Crippen LogP contribution is 2.22. The maximum atomic E-state index is 11.4. The molecule has 2 atom stereocenters. The number of rotatable bonds is 6. The van der Waals surface area contributed by atoms with Crippen LogP contribution in [0, 0.1) is 0 Å². The molecule has 1 aromatic carbocycles. The Morgan fingerprint density at radius 1 is 1.47 bits per heavy atom. The van der Waals surface area contributed by atoms with Crippen LogP contribution in [0.5, 0.6) is 5.75 Å². The van der Waals surface area contributed by atoms with E-state index >= 15 is 0 Å². The zero-order chi connectivity index (χ0) is 14.4. The summed E-state index contributed by atoms with van der Waals surface area (Å²) < 4.78 is 5.20. The van der Waals surface area contributed by atoms with Crippen LogP contribution in [-0.2, 0) is 4.79 Å². The van der Waals surface area contributed by atoms with E-state index in [2.05, 4.69) is 5.32 Å². The molecule has 0 saturated carbocycles. The van der Waals surface area contributed by atoms with Crippen molar-refractivity contribution in [3.63, 3.8) is 0 Å². The van der Waals surface area contributed by atoms with Crippen molar-refractivity contribution in [1.82, 2.24) is 10.2 Å². The summed E-state index contributed by atoms with van der Waals surface area (Å²) in [6.07, 6.45) is -0.992. The van der Waals surface area contributed by atoms with Gasteiger partial charge in [-0.2, -0.15) is 0 Å². The van der Waals surface area contributed by atoms with Crippen molar-refractivity contribution < 1.29 is 14.6 Å². The Balaban J connectivity index is 2.79. The summed E-state index contributed by atoms with van der Waals surface area (Å²) in [5.74, 6) is 0.418. The molecule has 0 aliphatic rings. The number of nitrogens with zero attached hydrogens (tertiary/aromatic N) is 1. The monoisotopic (exact) mass is 266 g/mol. The number of methoxy groups -OCH3 is 1. The van der Waals surface area contributed by atoms with Crippen molar-refractivity contribution in [2.45, 2.75) is 19.1 Å². The SMILES string of the molecule is COc1cccc(C(CNC(=O)C(C)O)N(C)C)c1. The van der Waals surface area contributed by atoms with Crippen LogP contribution in [0.15, 0.2) is 24.3 Å². The van der Waals surface area contributed by atoms with E-state index in [1.807, 2.05) is 43.3 Å². The number of likely N-dealkylation sites (N-methyl/N-ethyl adjacent to an activating group) is 1. The normalized spacial score (nSPS) is 14.0. The van der Waals surface area contributed by atoms with Crippen molar-refractivity contribution in [3.8, 4) is 5.75 Å². The molecule has 2 N–H and O–H groups in total. The number of amides is 1. The minimum atomic E-state index is -0.992. The molecular formula is C14H22N2O3. The maximum Gasteiger partial charge on any atom is 0.248 e. The molecule has 2 unspecified atom stereocenters. The van der Waals surface area contributed by atoms with Gasteiger partial charge in [0.05, 0.1) is 13.2 Å². The van der Waals surface area contributed by atoms with Crippen LogP contribution in [-0.4, -0.2) is 49.8 Å². The standard InChI is InChI=1S/C14H22N2O3/c1-10(17)14(18)15-9-13(16(2)3)11-6-5-7-12(8-11)19-4/h5-8,10,13,17H,9H2,1-4H3,(H,15,18). The molecule has 0 aliphatic heterocycles. The van der Waals surface area contributed by atoms with Crippen molar-refractivity contribution in [3.05, 3.63) is 29.8 Å². The van der Waals surface area contributed by atoms with Crippen LogP contribution in [0.1, 0.15) is 18.5 Å². The lowest BCUT2D eigenvalue weighted by atomic mass is 10.1. The summed E-state index contributed by atoms with van der Waals surface area (Å²) in [6, 6.07) is 7.75. The summed E-state index contributed by atoms with van der Waals surface area (Å²) in [6.45, 7) is 1.88. The van der Waals surface area contributed by atoms with Crippen LogP contribution >= 0.6 is 0 Å². The highest BCUT2D eigenvalue weighted by molar-refractivity contribution is 5.80. The molecule has 1 amide bonds. The number of carbonyl (C=O) groups is 1. The third kappa shape index (κ3) is 4.54. The highest BCUT2D eigenvalue weighted by Gasteiger charge is 2.17. The second-order valence-corrected chi connectivity index (χ2v) is 4.68. The summed E-state index contributed by atoms with van der Waals surface area (Å²) in [5.41, 5.74) is 1.05. The van der Waals surface area contributed by atoms with E-state index in [1.54, 1.807) is 7.11 Å². The average Bonchev–Trinajstić information content (AvgIpc) is 2.38. The molecular weight excluding hydrogens is 244 g/mol. The quantitative estimate of drug-likeness (QED) is 0.799. The van der Waals surface area contributed by atoms with Crippen LogP contribution in [0.25, 0.3) is 0 Å². The zero-order valence-corrected chi connectivity index (χ0v) is 11.9. The van der Waals surface area contributed by atoms with E-state index < -0.39 is 6.10 Å². The van der Waals surface area contributed by atoms with E-state index in [4.69, 9.17) is 4.74 Å². The summed E-state index contributed by atoms with van der Waals surface area (Å²) in [5, 5.41) is 11.9. The lowest BCUT2D eigenvalue weighted by Crippen LogP contribution is -2.38. The fourth-order valence-electron chi connectivity index (χ4n) is 1.79. The second-order valence-electron chi connectivity index (χ2n) is 4.68. The van der Waals surface area contributed by atoms with Gasteiger partial charge in [-0.05, 0) is 38.7 Å². The molecule has 0 spiro atoms. The lowest BCUT2D eigenvalue weighted by Gasteiger charge is -2.25. The molecule has 1 rings (SSSR count). The highest BCUT2D eigenvalue weighted by atomic mass is 16.5. The molecule has 5 heteroatoms. The van der Waals surface area contributed by atoms with Gasteiger partial charge in [-0.3, -0.25) is 4.79 Å². The third-order valence-corrected chi connectivity index (χ3v) is 2.95. The Morgan fingerprint density at radius 2 is 2.16 bits per heavy atom. The molecule has 106 valence electrons. The number of hydrogen-bond acceptors (Lipinski definition) is 4. The molecule has 0 bridgehead atoms. The topological polar surface area (TPSA) is 61.8 Å². The first-order valence-electron chi connectivity index (χ1n) is 6.22. The van der Waals surface area contributed by atoms with Crippen LogP contribution in [0.2, 0.25) is 0 Å². The number of carbonyl (C=O) groups excluding carboxylic acids is 1. The van der Waals surface area contributed by atoms with Gasteiger partial charge < -0.3 is 20.1 Å². The van der Waals surface area contributed by atoms with Crippen molar-refractivity contribution in [1.29, 1.82) is 0 Å². The summed E-state index contributed by atoms with van der Waals surface area (Å²) in [4.78, 5) is 13.4. The van der Waals surface area contributed by atoms with Crippen molar-refractivity contribution in [2.24, 2.45) is 0 Å². The van der Waals surface area contributed by atoms with Gasteiger partial charge in [-0.1, -0.05) is 12.1 Å². The average molecular weight is 266 g/mol. The van der Waals surface area contributed by atoms with Crippen LogP contribution in [0.3, 0.4) is 0 Å². The van der Waals surface area contributed by atoms with Gasteiger partial charge in [0.1, 0.15) is 11.9 Å². The van der Waals surface area contributed by atoms with Crippen LogP contribution < -0.4 is 10.1 Å². The third-order valence-electron chi connectivity index (χ3n) is 2.95. The molecule has 0 fully saturated rings.